The Bertz CT molecular complexity index is 725. The Morgan fingerprint density at radius 1 is 1.15 bits per heavy atom. The molecule has 144 valence electrons. The molecule has 0 unspecified atom stereocenters. The van der Waals surface area contributed by atoms with Crippen LogP contribution in [0.25, 0.3) is 0 Å². The molecule has 1 atom stereocenters. The molecule has 1 aromatic carbocycles. The summed E-state index contributed by atoms with van der Waals surface area (Å²) >= 11 is 0. The lowest BCUT2D eigenvalue weighted by Crippen LogP contribution is -2.44. The normalized spacial score (nSPS) is 17.2. The van der Waals surface area contributed by atoms with Crippen molar-refractivity contribution in [3.63, 3.8) is 0 Å². The summed E-state index contributed by atoms with van der Waals surface area (Å²) in [5.74, 6) is -0.288. The Morgan fingerprint density at radius 3 is 2.63 bits per heavy atom. The van der Waals surface area contributed by atoms with E-state index in [0.29, 0.717) is 24.1 Å². The molecule has 0 saturated carbocycles. The number of hydrogen-bond acceptors (Lipinski definition) is 6. The topological polar surface area (TPSA) is 86.2 Å². The van der Waals surface area contributed by atoms with Gasteiger partial charge in [0.15, 0.2) is 0 Å². The summed E-state index contributed by atoms with van der Waals surface area (Å²) in [6.07, 6.45) is 5.70. The molecule has 7 nitrogen and oxygen atoms in total. The van der Waals surface area contributed by atoms with Gasteiger partial charge in [-0.25, -0.2) is 4.79 Å². The predicted octanol–water partition coefficient (Wildman–Crippen LogP) is 3.12. The highest BCUT2D eigenvalue weighted by Gasteiger charge is 2.25. The SMILES string of the molecule is CCCC(=O)OCC1=CC=CC(=NOC)[C@H]1NC(=O)OCc1ccccc1. The van der Waals surface area contributed by atoms with Crippen molar-refractivity contribution in [1.82, 2.24) is 5.32 Å². The molecule has 0 fully saturated rings. The van der Waals surface area contributed by atoms with Crippen LogP contribution in [-0.4, -0.2) is 37.5 Å². The highest BCUT2D eigenvalue weighted by molar-refractivity contribution is 6.04. The lowest BCUT2D eigenvalue weighted by atomic mass is 9.97. The van der Waals surface area contributed by atoms with Crippen LogP contribution >= 0.6 is 0 Å². The van der Waals surface area contributed by atoms with E-state index < -0.39 is 12.1 Å². The largest absolute Gasteiger partial charge is 0.461 e. The van der Waals surface area contributed by atoms with Crippen molar-refractivity contribution in [2.45, 2.75) is 32.4 Å². The van der Waals surface area contributed by atoms with Gasteiger partial charge in [-0.05, 0) is 23.6 Å². The molecular weight excluding hydrogens is 348 g/mol. The summed E-state index contributed by atoms with van der Waals surface area (Å²) < 4.78 is 10.5. The summed E-state index contributed by atoms with van der Waals surface area (Å²) in [4.78, 5) is 28.7. The third-order valence-electron chi connectivity index (χ3n) is 3.77. The average molecular weight is 372 g/mol. The number of carbonyl (C=O) groups excluding carboxylic acids is 2. The minimum atomic E-state index is -0.604. The Morgan fingerprint density at radius 2 is 1.93 bits per heavy atom. The van der Waals surface area contributed by atoms with Crippen LogP contribution in [0, 0.1) is 0 Å². The highest BCUT2D eigenvalue weighted by Crippen LogP contribution is 2.14. The first-order valence-electron chi connectivity index (χ1n) is 8.75. The number of oxime groups is 1. The molecule has 0 saturated heterocycles. The van der Waals surface area contributed by atoms with Crippen molar-refractivity contribution in [3.05, 3.63) is 59.7 Å². The van der Waals surface area contributed by atoms with Crippen LogP contribution in [0.2, 0.25) is 0 Å². The van der Waals surface area contributed by atoms with Crippen molar-refractivity contribution in [2.75, 3.05) is 13.7 Å². The molecule has 0 heterocycles. The predicted molar refractivity (Wildman–Crippen MR) is 101 cm³/mol. The molecule has 1 aliphatic carbocycles. The van der Waals surface area contributed by atoms with Gasteiger partial charge in [-0.1, -0.05) is 54.6 Å². The van der Waals surface area contributed by atoms with Crippen LogP contribution < -0.4 is 5.32 Å². The molecule has 1 amide bonds. The Labute approximate surface area is 158 Å². The first-order chi connectivity index (χ1) is 13.1. The second-order valence-corrected chi connectivity index (χ2v) is 5.85. The van der Waals surface area contributed by atoms with Crippen molar-refractivity contribution in [1.29, 1.82) is 0 Å². The molecule has 0 radical (unpaired) electrons. The van der Waals surface area contributed by atoms with Gasteiger partial charge in [-0.15, -0.1) is 0 Å². The summed E-state index contributed by atoms with van der Waals surface area (Å²) in [6, 6.07) is 8.77. The first-order valence-corrected chi connectivity index (χ1v) is 8.75. The van der Waals surface area contributed by atoms with Gasteiger partial charge in [-0.2, -0.15) is 0 Å². The van der Waals surface area contributed by atoms with E-state index in [1.54, 1.807) is 18.2 Å². The minimum absolute atomic E-state index is 0.0511. The standard InChI is InChI=1S/C20H24N2O5/c1-3-8-18(23)26-14-16-11-7-12-17(22-25-2)19(16)21-20(24)27-13-15-9-5-4-6-10-15/h4-7,9-12,19H,3,8,13-14H2,1-2H3,(H,21,24)/t19-/m0/s1. The average Bonchev–Trinajstić information content (AvgIpc) is 2.68. The molecular formula is C20H24N2O5. The van der Waals surface area contributed by atoms with Crippen LogP contribution in [0.3, 0.4) is 0 Å². The second kappa shape index (κ2) is 10.8. The lowest BCUT2D eigenvalue weighted by Gasteiger charge is -2.23. The maximum atomic E-state index is 12.2. The third-order valence-corrected chi connectivity index (χ3v) is 3.77. The van der Waals surface area contributed by atoms with Gasteiger partial charge in [-0.3, -0.25) is 4.79 Å². The minimum Gasteiger partial charge on any atom is -0.461 e. The Balaban J connectivity index is 2.00. The van der Waals surface area contributed by atoms with E-state index in [4.69, 9.17) is 14.3 Å². The van der Waals surface area contributed by atoms with Gasteiger partial charge in [0, 0.05) is 6.42 Å². The van der Waals surface area contributed by atoms with E-state index in [1.165, 1.54) is 7.11 Å². The summed E-state index contributed by atoms with van der Waals surface area (Å²) in [7, 11) is 1.42. The maximum absolute atomic E-state index is 12.2. The highest BCUT2D eigenvalue weighted by atomic mass is 16.6. The van der Waals surface area contributed by atoms with Crippen LogP contribution in [0.15, 0.2) is 59.3 Å². The summed E-state index contributed by atoms with van der Waals surface area (Å²) in [6.45, 7) is 2.10. The smallest absolute Gasteiger partial charge is 0.408 e. The fourth-order valence-electron chi connectivity index (χ4n) is 2.46. The number of esters is 1. The number of hydrogen-bond donors (Lipinski definition) is 1. The number of nitrogens with zero attached hydrogens (tertiary/aromatic N) is 1. The summed E-state index contributed by atoms with van der Waals surface area (Å²) in [5.41, 5.74) is 2.04. The molecule has 7 heteroatoms. The molecule has 2 rings (SSSR count). The zero-order valence-electron chi connectivity index (χ0n) is 15.5. The third kappa shape index (κ3) is 6.62. The van der Waals surface area contributed by atoms with Crippen LogP contribution in [-0.2, 0) is 25.7 Å². The van der Waals surface area contributed by atoms with Crippen molar-refractivity contribution >= 4 is 17.8 Å². The Hall–Kier alpha value is -3.09. The van der Waals surface area contributed by atoms with Gasteiger partial charge in [0.1, 0.15) is 32.1 Å². The molecule has 0 spiro atoms. The Kier molecular flexibility index (Phi) is 8.09. The van der Waals surface area contributed by atoms with Crippen LogP contribution in [0.5, 0.6) is 0 Å². The van der Waals surface area contributed by atoms with E-state index in [9.17, 15) is 9.59 Å². The van der Waals surface area contributed by atoms with Gasteiger partial charge in [0.25, 0.3) is 0 Å². The molecule has 0 bridgehead atoms. The van der Waals surface area contributed by atoms with E-state index in [2.05, 4.69) is 10.5 Å². The molecule has 1 aliphatic rings. The molecule has 1 aromatic rings. The monoisotopic (exact) mass is 372 g/mol. The van der Waals surface area contributed by atoms with Crippen molar-refractivity contribution in [3.8, 4) is 0 Å². The number of rotatable bonds is 8. The van der Waals surface area contributed by atoms with Gasteiger partial charge in [0.2, 0.25) is 0 Å². The van der Waals surface area contributed by atoms with Crippen LogP contribution in [0.1, 0.15) is 25.3 Å². The van der Waals surface area contributed by atoms with E-state index in [1.807, 2.05) is 37.3 Å². The van der Waals surface area contributed by atoms with Crippen molar-refractivity contribution < 1.29 is 23.9 Å². The van der Waals surface area contributed by atoms with Crippen molar-refractivity contribution in [2.24, 2.45) is 5.16 Å². The number of nitrogens with one attached hydrogen (secondary N) is 1. The van der Waals surface area contributed by atoms with Gasteiger partial charge < -0.3 is 19.6 Å². The van der Waals surface area contributed by atoms with E-state index in [-0.39, 0.29) is 19.2 Å². The quantitative estimate of drug-likeness (QED) is 0.560. The molecule has 27 heavy (non-hydrogen) atoms. The maximum Gasteiger partial charge on any atom is 0.408 e. The number of ether oxygens (including phenoxy) is 2. The molecule has 0 aliphatic heterocycles. The van der Waals surface area contributed by atoms with Gasteiger partial charge >= 0.3 is 12.1 Å². The van der Waals surface area contributed by atoms with E-state index in [0.717, 1.165) is 5.56 Å². The number of carbonyl (C=O) groups is 2. The first kappa shape index (κ1) is 20.2. The number of amides is 1. The zero-order chi connectivity index (χ0) is 19.5. The lowest BCUT2D eigenvalue weighted by molar-refractivity contribution is -0.142. The zero-order valence-corrected chi connectivity index (χ0v) is 15.5. The van der Waals surface area contributed by atoms with Crippen LogP contribution in [0.4, 0.5) is 4.79 Å². The fourth-order valence-corrected chi connectivity index (χ4v) is 2.46. The van der Waals surface area contributed by atoms with E-state index >= 15 is 0 Å². The van der Waals surface area contributed by atoms with Gasteiger partial charge in [0.05, 0.1) is 0 Å². The molecule has 1 N–H and O–H groups in total. The fraction of sp³-hybridized carbons (Fsp3) is 0.350. The number of allylic oxidation sites excluding steroid dienone is 2. The molecule has 0 aromatic heterocycles. The second-order valence-electron chi connectivity index (χ2n) is 5.85. The number of benzene rings is 1. The number of alkyl carbamates (subject to hydrolysis) is 1. The summed E-state index contributed by atoms with van der Waals surface area (Å²) in [5, 5.41) is 6.68.